The summed E-state index contributed by atoms with van der Waals surface area (Å²) in [5.41, 5.74) is 10.0. The Morgan fingerprint density at radius 1 is 0.833 bits per heavy atom. The van der Waals surface area contributed by atoms with Crippen molar-refractivity contribution in [2.24, 2.45) is 0 Å². The quantitative estimate of drug-likeness (QED) is 0.357. The Hall–Kier alpha value is -1.50. The Morgan fingerprint density at radius 2 is 1.50 bits per heavy atom. The fraction of sp³-hybridized carbons (Fsp3) is 0.130. The van der Waals surface area contributed by atoms with E-state index in [0.29, 0.717) is 0 Å². The molecule has 0 bridgehead atoms. The van der Waals surface area contributed by atoms with E-state index in [-0.39, 0.29) is 32.7 Å². The first kappa shape index (κ1) is 17.3. The average molecular weight is 384 g/mol. The van der Waals surface area contributed by atoms with E-state index in [4.69, 9.17) is 0 Å². The topological polar surface area (TPSA) is 0 Å². The Morgan fingerprint density at radius 3 is 2.17 bits per heavy atom. The molecule has 0 aliphatic heterocycles. The van der Waals surface area contributed by atoms with Crippen molar-refractivity contribution in [3.05, 3.63) is 83.9 Å². The Balaban J connectivity index is 0.00000169. The molecule has 0 heterocycles. The Bertz CT molecular complexity index is 972. The summed E-state index contributed by atoms with van der Waals surface area (Å²) in [6.07, 6.45) is 0.976. The molecule has 0 fully saturated rings. The molecule has 1 heteroatoms. The van der Waals surface area contributed by atoms with Gasteiger partial charge in [-0.3, -0.25) is 0 Å². The third-order valence-electron chi connectivity index (χ3n) is 4.79. The van der Waals surface area contributed by atoms with Gasteiger partial charge in [0.15, 0.2) is 0 Å². The van der Waals surface area contributed by atoms with Gasteiger partial charge in [0, 0.05) is 32.7 Å². The van der Waals surface area contributed by atoms with E-state index in [1.165, 1.54) is 44.2 Å². The van der Waals surface area contributed by atoms with Crippen LogP contribution < -0.4 is 0 Å². The van der Waals surface area contributed by atoms with Crippen molar-refractivity contribution in [2.75, 3.05) is 0 Å². The molecule has 0 saturated carbocycles. The van der Waals surface area contributed by atoms with Gasteiger partial charge in [0.25, 0.3) is 0 Å². The molecule has 0 N–H and O–H groups in total. The van der Waals surface area contributed by atoms with Gasteiger partial charge in [-0.15, -0.1) is 11.1 Å². The van der Waals surface area contributed by atoms with E-state index < -0.39 is 0 Å². The number of rotatable bonds is 2. The van der Waals surface area contributed by atoms with Gasteiger partial charge in [0.2, 0.25) is 0 Å². The van der Waals surface area contributed by atoms with Gasteiger partial charge < -0.3 is 0 Å². The summed E-state index contributed by atoms with van der Waals surface area (Å²) >= 11 is 0. The molecule has 0 unspecified atom stereocenters. The smallest absolute Gasteiger partial charge is 0 e. The van der Waals surface area contributed by atoms with Gasteiger partial charge in [-0.25, -0.2) is 0 Å². The summed E-state index contributed by atoms with van der Waals surface area (Å²) in [6.45, 7) is 12.5. The van der Waals surface area contributed by atoms with Gasteiger partial charge in [-0.1, -0.05) is 54.1 Å². The van der Waals surface area contributed by atoms with E-state index in [2.05, 4.69) is 69.5 Å². The maximum absolute atomic E-state index is 4.19. The van der Waals surface area contributed by atoms with Gasteiger partial charge >= 0.3 is 0 Å². The van der Waals surface area contributed by atoms with Crippen LogP contribution in [0.2, 0.25) is 0 Å². The van der Waals surface area contributed by atoms with E-state index >= 15 is 0 Å². The summed E-state index contributed by atoms with van der Waals surface area (Å²) in [5.74, 6) is 0. The number of allylic oxidation sites excluding steroid dienone is 2. The first-order valence-corrected chi connectivity index (χ1v) is 7.97. The monoisotopic (exact) mass is 384 g/mol. The summed E-state index contributed by atoms with van der Waals surface area (Å²) < 4.78 is 0. The van der Waals surface area contributed by atoms with Crippen LogP contribution >= 0.6 is 0 Å². The van der Waals surface area contributed by atoms with Crippen LogP contribution in [0, 0.1) is 6.07 Å². The molecule has 0 aromatic heterocycles. The molecule has 0 spiro atoms. The maximum Gasteiger partial charge on any atom is 0 e. The second kappa shape index (κ2) is 6.43. The van der Waals surface area contributed by atoms with Crippen molar-refractivity contribution in [3.63, 3.8) is 0 Å². The van der Waals surface area contributed by atoms with Crippen LogP contribution in [0.3, 0.4) is 0 Å². The van der Waals surface area contributed by atoms with E-state index in [1.807, 2.05) is 6.07 Å². The average Bonchev–Trinajstić information content (AvgIpc) is 2.54. The van der Waals surface area contributed by atoms with Gasteiger partial charge in [-0.05, 0) is 47.7 Å². The number of hydrogen-bond donors (Lipinski definition) is 0. The molecule has 0 saturated heterocycles. The molecule has 0 nitrogen and oxygen atoms in total. The van der Waals surface area contributed by atoms with Crippen LogP contribution in [-0.4, -0.2) is 0 Å². The van der Waals surface area contributed by atoms with Gasteiger partial charge in [0.05, 0.1) is 0 Å². The molecule has 0 amide bonds. The van der Waals surface area contributed by atoms with Crippen molar-refractivity contribution < 1.29 is 32.7 Å². The van der Waals surface area contributed by atoms with Crippen LogP contribution in [0.25, 0.3) is 33.0 Å². The molecule has 1 aliphatic carbocycles. The van der Waals surface area contributed by atoms with Gasteiger partial charge in [0.1, 0.15) is 0 Å². The predicted molar refractivity (Wildman–Crippen MR) is 100 cm³/mol. The molecule has 1 radical (unpaired) electrons. The minimum atomic E-state index is 0. The number of benzene rings is 3. The van der Waals surface area contributed by atoms with Crippen molar-refractivity contribution in [1.82, 2.24) is 0 Å². The van der Waals surface area contributed by atoms with Gasteiger partial charge in [-0.2, -0.15) is 24.3 Å². The van der Waals surface area contributed by atoms with Crippen molar-refractivity contribution in [3.8, 4) is 11.1 Å². The molecule has 24 heavy (non-hydrogen) atoms. The number of hydrogen-bond acceptors (Lipinski definition) is 0. The third-order valence-corrected chi connectivity index (χ3v) is 4.79. The molecule has 3 aromatic rings. The second-order valence-corrected chi connectivity index (χ2v) is 6.50. The zero-order valence-electron chi connectivity index (χ0n) is 14.2. The summed E-state index contributed by atoms with van der Waals surface area (Å²) in [5, 5.41) is 2.66. The van der Waals surface area contributed by atoms with Crippen LogP contribution in [0.1, 0.15) is 36.1 Å². The van der Waals surface area contributed by atoms with Crippen LogP contribution in [0.15, 0.2) is 55.6 Å². The zero-order chi connectivity index (χ0) is 16.1. The van der Waals surface area contributed by atoms with Crippen LogP contribution in [0.5, 0.6) is 0 Å². The summed E-state index contributed by atoms with van der Waals surface area (Å²) in [6, 6.07) is 18.5. The molecule has 3 aromatic carbocycles. The first-order valence-electron chi connectivity index (χ1n) is 7.97. The van der Waals surface area contributed by atoms with Crippen molar-refractivity contribution >= 4 is 21.9 Å². The summed E-state index contributed by atoms with van der Waals surface area (Å²) in [7, 11) is 0. The fourth-order valence-electron chi connectivity index (χ4n) is 3.72. The Labute approximate surface area is 169 Å². The van der Waals surface area contributed by atoms with E-state index in [1.54, 1.807) is 0 Å². The first-order chi connectivity index (χ1) is 11.1. The standard InChI is InChI=1S/C23H19.Y/c1-14(2)18-10-9-17-13-16-7-5-6-8-20(16)21-12-11-19(15(3)4)23(18)22(17)21;/h5,7-12H,1,3,13H2,2,4H3;/q-1;. The minimum absolute atomic E-state index is 0. The predicted octanol–water partition coefficient (Wildman–Crippen LogP) is 6.27. The fourth-order valence-corrected chi connectivity index (χ4v) is 3.72. The van der Waals surface area contributed by atoms with E-state index in [0.717, 1.165) is 17.6 Å². The zero-order valence-corrected chi connectivity index (χ0v) is 17.1. The molecular weight excluding hydrogens is 365 g/mol. The minimum Gasteiger partial charge on any atom is -0.183 e. The second-order valence-electron chi connectivity index (χ2n) is 6.50. The SMILES string of the molecule is C=C(C)c1ccc2c3c(ccc(C(=C)C)c13)-c1c[c-]ccc1C2.[Y]. The molecule has 115 valence electrons. The van der Waals surface area contributed by atoms with Crippen molar-refractivity contribution in [1.29, 1.82) is 0 Å². The van der Waals surface area contributed by atoms with Crippen molar-refractivity contribution in [2.45, 2.75) is 20.3 Å². The molecule has 1 aliphatic rings. The maximum atomic E-state index is 4.19. The molecule has 0 atom stereocenters. The third kappa shape index (κ3) is 2.53. The molecule has 4 rings (SSSR count). The van der Waals surface area contributed by atoms with Crippen LogP contribution in [-0.2, 0) is 39.1 Å². The number of fused-ring (bicyclic) bond motifs is 2. The molecular formula is C23H19Y-. The van der Waals surface area contributed by atoms with E-state index in [9.17, 15) is 0 Å². The largest absolute Gasteiger partial charge is 0.183 e. The normalized spacial score (nSPS) is 11.6. The van der Waals surface area contributed by atoms with Crippen LogP contribution in [0.4, 0.5) is 0 Å². The summed E-state index contributed by atoms with van der Waals surface area (Å²) in [4.78, 5) is 0. The Kier molecular flexibility index (Phi) is 4.64.